The van der Waals surface area contributed by atoms with Gasteiger partial charge in [0.25, 0.3) is 5.91 Å². The first-order valence-electron chi connectivity index (χ1n) is 6.96. The molecule has 0 spiro atoms. The molecule has 1 saturated heterocycles. The van der Waals surface area contributed by atoms with Crippen LogP contribution in [0.3, 0.4) is 0 Å². The fraction of sp³-hybridized carbons (Fsp3) is 0.176. The highest BCUT2D eigenvalue weighted by molar-refractivity contribution is 6.07. The Morgan fingerprint density at radius 2 is 1.68 bits per heavy atom. The first-order valence-corrected chi connectivity index (χ1v) is 6.96. The lowest BCUT2D eigenvalue weighted by Crippen LogP contribution is -2.45. The summed E-state index contributed by atoms with van der Waals surface area (Å²) in [5.41, 5.74) is 0.614. The highest BCUT2D eigenvalue weighted by atomic mass is 16.5. The van der Waals surface area contributed by atoms with E-state index in [1.54, 1.807) is 7.11 Å². The molecule has 1 atom stereocenters. The number of methoxy groups -OCH3 is 1. The summed E-state index contributed by atoms with van der Waals surface area (Å²) in [4.78, 5) is 24.1. The van der Waals surface area contributed by atoms with Crippen molar-refractivity contribution in [3.05, 3.63) is 65.7 Å². The van der Waals surface area contributed by atoms with Crippen molar-refractivity contribution in [3.63, 3.8) is 0 Å². The molecule has 22 heavy (non-hydrogen) atoms. The predicted molar refractivity (Wildman–Crippen MR) is 81.5 cm³/mol. The molecular formula is C17H16N2O3. The summed E-state index contributed by atoms with van der Waals surface area (Å²) in [5.74, 6) is 0.414. The molecule has 5 heteroatoms. The molecule has 0 aromatic heterocycles. The number of amides is 3. The molecule has 1 fully saturated rings. The van der Waals surface area contributed by atoms with Gasteiger partial charge in [0, 0.05) is 6.42 Å². The molecule has 0 unspecified atom stereocenters. The Bertz CT molecular complexity index is 698. The van der Waals surface area contributed by atoms with Crippen molar-refractivity contribution < 1.29 is 14.3 Å². The standard InChI is InChI=1S/C17H16N2O3/c1-22-14-9-7-12(8-10-14)11-17(13-5-3-2-4-6-13)15(20)18-16(21)19-17/h2-10H,11H2,1H3,(H2,18,19,20,21)/t17-/m1/s1. The molecule has 2 aromatic rings. The Kier molecular flexibility index (Phi) is 3.55. The van der Waals surface area contributed by atoms with Gasteiger partial charge in [0.15, 0.2) is 5.54 Å². The highest BCUT2D eigenvalue weighted by Gasteiger charge is 2.47. The molecule has 5 nitrogen and oxygen atoms in total. The topological polar surface area (TPSA) is 67.4 Å². The van der Waals surface area contributed by atoms with Gasteiger partial charge >= 0.3 is 6.03 Å². The van der Waals surface area contributed by atoms with Crippen LogP contribution in [0.1, 0.15) is 11.1 Å². The van der Waals surface area contributed by atoms with Crippen molar-refractivity contribution in [1.29, 1.82) is 0 Å². The molecule has 1 heterocycles. The summed E-state index contributed by atoms with van der Waals surface area (Å²) >= 11 is 0. The summed E-state index contributed by atoms with van der Waals surface area (Å²) in [7, 11) is 1.60. The summed E-state index contributed by atoms with van der Waals surface area (Å²) < 4.78 is 5.14. The largest absolute Gasteiger partial charge is 0.497 e. The van der Waals surface area contributed by atoms with Crippen LogP contribution in [0.15, 0.2) is 54.6 Å². The molecular weight excluding hydrogens is 280 g/mol. The number of carbonyl (C=O) groups excluding carboxylic acids is 2. The maximum atomic E-state index is 12.4. The van der Waals surface area contributed by atoms with E-state index in [2.05, 4.69) is 10.6 Å². The predicted octanol–water partition coefficient (Wildman–Crippen LogP) is 1.97. The van der Waals surface area contributed by atoms with Gasteiger partial charge in [-0.25, -0.2) is 4.79 Å². The molecule has 3 rings (SSSR count). The Morgan fingerprint density at radius 1 is 1.00 bits per heavy atom. The molecule has 0 bridgehead atoms. The van der Waals surface area contributed by atoms with Gasteiger partial charge in [0.1, 0.15) is 5.75 Å². The van der Waals surface area contributed by atoms with E-state index in [-0.39, 0.29) is 5.91 Å². The second kappa shape index (κ2) is 5.52. The SMILES string of the molecule is COc1ccc(C[C@]2(c3ccccc3)NC(=O)NC2=O)cc1. The van der Waals surface area contributed by atoms with Crippen LogP contribution in [0.4, 0.5) is 4.79 Å². The normalized spacial score (nSPS) is 20.4. The Balaban J connectivity index is 1.99. The molecule has 112 valence electrons. The fourth-order valence-electron chi connectivity index (χ4n) is 2.69. The maximum Gasteiger partial charge on any atom is 0.322 e. The third-order valence-electron chi connectivity index (χ3n) is 3.84. The van der Waals surface area contributed by atoms with Crippen molar-refractivity contribution in [3.8, 4) is 5.75 Å². The lowest BCUT2D eigenvalue weighted by Gasteiger charge is -2.26. The zero-order valence-electron chi connectivity index (χ0n) is 12.1. The molecule has 3 amide bonds. The highest BCUT2D eigenvalue weighted by Crippen LogP contribution is 2.29. The summed E-state index contributed by atoms with van der Waals surface area (Å²) in [6.07, 6.45) is 0.374. The van der Waals surface area contributed by atoms with Crippen molar-refractivity contribution in [2.75, 3.05) is 7.11 Å². The number of nitrogens with one attached hydrogen (secondary N) is 2. The van der Waals surface area contributed by atoms with Crippen LogP contribution in [-0.2, 0) is 16.8 Å². The molecule has 0 aliphatic carbocycles. The first kappa shape index (κ1) is 14.1. The van der Waals surface area contributed by atoms with Crippen molar-refractivity contribution in [1.82, 2.24) is 10.6 Å². The van der Waals surface area contributed by atoms with Crippen molar-refractivity contribution in [2.24, 2.45) is 0 Å². The molecule has 0 radical (unpaired) electrons. The van der Waals surface area contributed by atoms with E-state index in [1.807, 2.05) is 54.6 Å². The van der Waals surface area contributed by atoms with Crippen LogP contribution in [-0.4, -0.2) is 19.0 Å². The van der Waals surface area contributed by atoms with Gasteiger partial charge in [0.05, 0.1) is 7.11 Å². The zero-order valence-corrected chi connectivity index (χ0v) is 12.1. The van der Waals surface area contributed by atoms with Crippen LogP contribution in [0, 0.1) is 0 Å². The maximum absolute atomic E-state index is 12.4. The van der Waals surface area contributed by atoms with Crippen molar-refractivity contribution in [2.45, 2.75) is 12.0 Å². The molecule has 2 aromatic carbocycles. The number of imide groups is 1. The molecule has 1 aliphatic rings. The number of hydrogen-bond acceptors (Lipinski definition) is 3. The molecule has 0 saturated carbocycles. The van der Waals surface area contributed by atoms with Crippen LogP contribution < -0.4 is 15.4 Å². The minimum atomic E-state index is -1.08. The second-order valence-electron chi connectivity index (χ2n) is 5.20. The zero-order chi connectivity index (χ0) is 15.6. The fourth-order valence-corrected chi connectivity index (χ4v) is 2.69. The van der Waals surface area contributed by atoms with E-state index in [9.17, 15) is 9.59 Å². The number of ether oxygens (including phenoxy) is 1. The molecule has 1 aliphatic heterocycles. The van der Waals surface area contributed by atoms with E-state index in [0.29, 0.717) is 6.42 Å². The van der Waals surface area contributed by atoms with Crippen molar-refractivity contribution >= 4 is 11.9 Å². The number of carbonyl (C=O) groups is 2. The average Bonchev–Trinajstić information content (AvgIpc) is 2.84. The summed E-state index contributed by atoms with van der Waals surface area (Å²) in [6, 6.07) is 16.2. The minimum Gasteiger partial charge on any atom is -0.497 e. The average molecular weight is 296 g/mol. The van der Waals surface area contributed by atoms with E-state index < -0.39 is 11.6 Å². The smallest absolute Gasteiger partial charge is 0.322 e. The summed E-state index contributed by atoms with van der Waals surface area (Å²) in [6.45, 7) is 0. The Morgan fingerprint density at radius 3 is 2.23 bits per heavy atom. The lowest BCUT2D eigenvalue weighted by molar-refractivity contribution is -0.124. The van der Waals surface area contributed by atoms with E-state index in [4.69, 9.17) is 4.74 Å². The summed E-state index contributed by atoms with van der Waals surface area (Å²) in [5, 5.41) is 5.11. The van der Waals surface area contributed by atoms with Gasteiger partial charge in [0.2, 0.25) is 0 Å². The van der Waals surface area contributed by atoms with E-state index >= 15 is 0 Å². The number of hydrogen-bond donors (Lipinski definition) is 2. The van der Waals surface area contributed by atoms with Gasteiger partial charge in [-0.05, 0) is 23.3 Å². The monoisotopic (exact) mass is 296 g/mol. The minimum absolute atomic E-state index is 0.334. The molecule has 2 N–H and O–H groups in total. The number of urea groups is 1. The van der Waals surface area contributed by atoms with Crippen LogP contribution in [0.2, 0.25) is 0 Å². The van der Waals surface area contributed by atoms with Crippen LogP contribution in [0.25, 0.3) is 0 Å². The van der Waals surface area contributed by atoms with Crippen LogP contribution in [0.5, 0.6) is 5.75 Å². The van der Waals surface area contributed by atoms with Crippen LogP contribution >= 0.6 is 0 Å². The lowest BCUT2D eigenvalue weighted by atomic mass is 9.84. The van der Waals surface area contributed by atoms with Gasteiger partial charge in [-0.1, -0.05) is 42.5 Å². The van der Waals surface area contributed by atoms with E-state index in [0.717, 1.165) is 16.9 Å². The van der Waals surface area contributed by atoms with Gasteiger partial charge < -0.3 is 10.1 Å². The Labute approximate surface area is 128 Å². The van der Waals surface area contributed by atoms with Gasteiger partial charge in [-0.15, -0.1) is 0 Å². The third-order valence-corrected chi connectivity index (χ3v) is 3.84. The number of rotatable bonds is 4. The Hall–Kier alpha value is -2.82. The quantitative estimate of drug-likeness (QED) is 0.848. The first-order chi connectivity index (χ1) is 10.6. The van der Waals surface area contributed by atoms with Gasteiger partial charge in [-0.3, -0.25) is 10.1 Å². The van der Waals surface area contributed by atoms with Gasteiger partial charge in [-0.2, -0.15) is 0 Å². The van der Waals surface area contributed by atoms with E-state index in [1.165, 1.54) is 0 Å². The number of benzene rings is 2. The third kappa shape index (κ3) is 2.41. The second-order valence-corrected chi connectivity index (χ2v) is 5.20.